The molecule has 2 aliphatic rings. The third-order valence-electron chi connectivity index (χ3n) is 4.89. The highest BCUT2D eigenvalue weighted by Crippen LogP contribution is 2.42. The SMILES string of the molecule is COC(=O)[C@](O)(c1ccc(N2C(=O)[C@H]3C=CC=C[C@H]3C2=O)c(C)c1)C(F)(F)F. The van der Waals surface area contributed by atoms with Crippen LogP contribution in [-0.2, 0) is 24.7 Å². The van der Waals surface area contributed by atoms with Crippen LogP contribution in [0.4, 0.5) is 18.9 Å². The minimum Gasteiger partial charge on any atom is -0.466 e. The number of methoxy groups -OCH3 is 1. The minimum atomic E-state index is -5.34. The fourth-order valence-corrected chi connectivity index (χ4v) is 3.40. The molecule has 0 spiro atoms. The molecule has 1 aliphatic heterocycles. The van der Waals surface area contributed by atoms with Crippen LogP contribution in [0.1, 0.15) is 11.1 Å². The zero-order valence-electron chi connectivity index (χ0n) is 14.9. The van der Waals surface area contributed by atoms with E-state index in [4.69, 9.17) is 0 Å². The number of aliphatic hydroxyl groups is 1. The Hall–Kier alpha value is -2.94. The maximum Gasteiger partial charge on any atom is 0.432 e. The summed E-state index contributed by atoms with van der Waals surface area (Å²) in [5, 5.41) is 10.1. The molecule has 9 heteroatoms. The predicted molar refractivity (Wildman–Crippen MR) is 90.9 cm³/mol. The van der Waals surface area contributed by atoms with E-state index in [1.54, 1.807) is 24.3 Å². The van der Waals surface area contributed by atoms with E-state index >= 15 is 0 Å². The van der Waals surface area contributed by atoms with Gasteiger partial charge in [-0.2, -0.15) is 13.2 Å². The standard InChI is InChI=1S/C19H16F3NO5/c1-10-9-11(18(27,17(26)28-2)19(20,21)22)7-8-14(10)23-15(24)12-5-3-4-6-13(12)16(23)25/h3-9,12-13,27H,1-2H3/t12-,13+,18-/m1/s1. The van der Waals surface area contributed by atoms with E-state index in [1.807, 2.05) is 0 Å². The number of aryl methyl sites for hydroxylation is 1. The molecule has 0 radical (unpaired) electrons. The number of ether oxygens (including phenoxy) is 1. The number of imide groups is 1. The third-order valence-corrected chi connectivity index (χ3v) is 4.89. The maximum atomic E-state index is 13.4. The number of fused-ring (bicyclic) bond motifs is 1. The normalized spacial score (nSPS) is 23.6. The fraction of sp³-hybridized carbons (Fsp3) is 0.316. The van der Waals surface area contributed by atoms with E-state index in [-0.39, 0.29) is 11.3 Å². The average Bonchev–Trinajstić information content (AvgIpc) is 2.90. The van der Waals surface area contributed by atoms with Crippen molar-refractivity contribution in [2.75, 3.05) is 12.0 Å². The highest BCUT2D eigenvalue weighted by atomic mass is 19.4. The van der Waals surface area contributed by atoms with Crippen LogP contribution in [0.5, 0.6) is 0 Å². The van der Waals surface area contributed by atoms with Crippen LogP contribution in [0.3, 0.4) is 0 Å². The molecule has 6 nitrogen and oxygen atoms in total. The Morgan fingerprint density at radius 3 is 2.07 bits per heavy atom. The van der Waals surface area contributed by atoms with Gasteiger partial charge >= 0.3 is 12.1 Å². The first-order chi connectivity index (χ1) is 13.0. The summed E-state index contributed by atoms with van der Waals surface area (Å²) in [5.41, 5.74) is -4.45. The van der Waals surface area contributed by atoms with E-state index in [2.05, 4.69) is 4.74 Å². The Morgan fingerprint density at radius 1 is 1.11 bits per heavy atom. The van der Waals surface area contributed by atoms with Crippen molar-refractivity contribution in [1.82, 2.24) is 0 Å². The number of hydrogen-bond acceptors (Lipinski definition) is 5. The molecule has 3 atom stereocenters. The number of carbonyl (C=O) groups is 3. The number of nitrogens with zero attached hydrogens (tertiary/aromatic N) is 1. The van der Waals surface area contributed by atoms with Crippen LogP contribution >= 0.6 is 0 Å². The van der Waals surface area contributed by atoms with Crippen molar-refractivity contribution in [3.63, 3.8) is 0 Å². The number of rotatable bonds is 3. The number of alkyl halides is 3. The van der Waals surface area contributed by atoms with Crippen LogP contribution < -0.4 is 4.90 Å². The summed E-state index contributed by atoms with van der Waals surface area (Å²) >= 11 is 0. The van der Waals surface area contributed by atoms with Gasteiger partial charge in [-0.05, 0) is 18.6 Å². The van der Waals surface area contributed by atoms with Gasteiger partial charge in [0.1, 0.15) is 0 Å². The zero-order valence-corrected chi connectivity index (χ0v) is 14.9. The Kier molecular flexibility index (Phi) is 4.66. The second-order valence-electron chi connectivity index (χ2n) is 6.53. The molecule has 1 N–H and O–H groups in total. The van der Waals surface area contributed by atoms with Crippen molar-refractivity contribution < 1.29 is 37.4 Å². The Labute approximate surface area is 157 Å². The summed E-state index contributed by atoms with van der Waals surface area (Å²) in [6.07, 6.45) is 1.14. The van der Waals surface area contributed by atoms with Crippen molar-refractivity contribution in [2.24, 2.45) is 11.8 Å². The first kappa shape index (κ1) is 19.8. The lowest BCUT2D eigenvalue weighted by atomic mass is 9.91. The number of benzene rings is 1. The van der Waals surface area contributed by atoms with Crippen LogP contribution in [0, 0.1) is 18.8 Å². The number of allylic oxidation sites excluding steroid dienone is 2. The molecular formula is C19H16F3NO5. The molecule has 1 aliphatic carbocycles. The highest BCUT2D eigenvalue weighted by Gasteiger charge is 2.62. The molecule has 0 bridgehead atoms. The van der Waals surface area contributed by atoms with Crippen molar-refractivity contribution in [1.29, 1.82) is 0 Å². The average molecular weight is 395 g/mol. The minimum absolute atomic E-state index is 0.0874. The van der Waals surface area contributed by atoms with Gasteiger partial charge in [-0.1, -0.05) is 36.4 Å². The van der Waals surface area contributed by atoms with Crippen molar-refractivity contribution in [3.8, 4) is 0 Å². The monoisotopic (exact) mass is 395 g/mol. The number of halogens is 3. The molecule has 148 valence electrons. The maximum absolute atomic E-state index is 13.4. The second-order valence-corrected chi connectivity index (χ2v) is 6.53. The molecule has 1 fully saturated rings. The van der Waals surface area contributed by atoms with Crippen molar-refractivity contribution in [2.45, 2.75) is 18.7 Å². The van der Waals surface area contributed by atoms with Gasteiger partial charge in [0.2, 0.25) is 11.8 Å². The quantitative estimate of drug-likeness (QED) is 0.626. The molecule has 1 aromatic carbocycles. The molecule has 28 heavy (non-hydrogen) atoms. The van der Waals surface area contributed by atoms with Crippen molar-refractivity contribution >= 4 is 23.5 Å². The van der Waals surface area contributed by atoms with E-state index < -0.39 is 47.0 Å². The first-order valence-corrected chi connectivity index (χ1v) is 8.25. The third kappa shape index (κ3) is 2.73. The fourth-order valence-electron chi connectivity index (χ4n) is 3.40. The molecule has 0 unspecified atom stereocenters. The molecule has 0 saturated carbocycles. The molecule has 2 amide bonds. The van der Waals surface area contributed by atoms with Gasteiger partial charge in [0.15, 0.2) is 0 Å². The molecule has 0 aromatic heterocycles. The summed E-state index contributed by atoms with van der Waals surface area (Å²) in [6.45, 7) is 1.38. The number of carbonyl (C=O) groups excluding carboxylic acids is 3. The highest BCUT2D eigenvalue weighted by molar-refractivity contribution is 6.23. The van der Waals surface area contributed by atoms with E-state index in [1.165, 1.54) is 6.92 Å². The van der Waals surface area contributed by atoms with Gasteiger partial charge < -0.3 is 9.84 Å². The number of amides is 2. The smallest absolute Gasteiger partial charge is 0.432 e. The lowest BCUT2D eigenvalue weighted by Crippen LogP contribution is -2.50. The topological polar surface area (TPSA) is 83.9 Å². The van der Waals surface area contributed by atoms with Crippen LogP contribution in [-0.4, -0.2) is 36.2 Å². The Balaban J connectivity index is 2.05. The summed E-state index contributed by atoms with van der Waals surface area (Å²) in [5.74, 6) is -4.21. The van der Waals surface area contributed by atoms with Crippen LogP contribution in [0.2, 0.25) is 0 Å². The predicted octanol–water partition coefficient (Wildman–Crippen LogP) is 2.15. The Morgan fingerprint density at radius 2 is 1.64 bits per heavy atom. The van der Waals surface area contributed by atoms with Gasteiger partial charge in [-0.15, -0.1) is 0 Å². The Bertz CT molecular complexity index is 891. The molecular weight excluding hydrogens is 379 g/mol. The van der Waals surface area contributed by atoms with Crippen molar-refractivity contribution in [3.05, 3.63) is 53.6 Å². The number of hydrogen-bond donors (Lipinski definition) is 1. The summed E-state index contributed by atoms with van der Waals surface area (Å²) < 4.78 is 44.3. The van der Waals surface area contributed by atoms with Gasteiger partial charge in [-0.25, -0.2) is 9.69 Å². The molecule has 1 aromatic rings. The van der Waals surface area contributed by atoms with E-state index in [0.29, 0.717) is 0 Å². The second kappa shape index (κ2) is 6.59. The zero-order chi connectivity index (χ0) is 20.9. The van der Waals surface area contributed by atoms with Gasteiger partial charge in [-0.3, -0.25) is 9.59 Å². The van der Waals surface area contributed by atoms with Gasteiger partial charge in [0, 0.05) is 5.56 Å². The lowest BCUT2D eigenvalue weighted by molar-refractivity contribution is -0.266. The molecule has 1 heterocycles. The summed E-state index contributed by atoms with van der Waals surface area (Å²) in [6, 6.07) is 2.86. The lowest BCUT2D eigenvalue weighted by Gasteiger charge is -2.29. The van der Waals surface area contributed by atoms with E-state index in [9.17, 15) is 32.7 Å². The van der Waals surface area contributed by atoms with Gasteiger partial charge in [0.25, 0.3) is 5.60 Å². The number of anilines is 1. The largest absolute Gasteiger partial charge is 0.466 e. The van der Waals surface area contributed by atoms with E-state index in [0.717, 1.165) is 30.2 Å². The van der Waals surface area contributed by atoms with Gasteiger partial charge in [0.05, 0.1) is 24.6 Å². The van der Waals surface area contributed by atoms with Crippen LogP contribution in [0.15, 0.2) is 42.5 Å². The van der Waals surface area contributed by atoms with Crippen LogP contribution in [0.25, 0.3) is 0 Å². The molecule has 3 rings (SSSR count). The molecule has 1 saturated heterocycles. The summed E-state index contributed by atoms with van der Waals surface area (Å²) in [7, 11) is 0.727. The number of esters is 1. The first-order valence-electron chi connectivity index (χ1n) is 8.25. The summed E-state index contributed by atoms with van der Waals surface area (Å²) in [4.78, 5) is 37.8.